The van der Waals surface area contributed by atoms with E-state index in [1.54, 1.807) is 20.0 Å². The number of aromatic nitrogens is 3. The van der Waals surface area contributed by atoms with Gasteiger partial charge in [0, 0.05) is 29.1 Å². The van der Waals surface area contributed by atoms with Crippen LogP contribution in [0.25, 0.3) is 45.0 Å². The Balaban J connectivity index is 1.65. The highest BCUT2D eigenvalue weighted by Gasteiger charge is 2.35. The molecule has 0 amide bonds. The van der Waals surface area contributed by atoms with Gasteiger partial charge in [-0.05, 0) is 57.0 Å². The fourth-order valence-corrected chi connectivity index (χ4v) is 4.13. The fourth-order valence-electron chi connectivity index (χ4n) is 4.13. The molecule has 1 N–H and O–H groups in total. The molecule has 0 saturated carbocycles. The Hall–Kier alpha value is -4.13. The van der Waals surface area contributed by atoms with Crippen LogP contribution in [-0.2, 0) is 4.65 Å². The number of rotatable bonds is 8. The zero-order valence-corrected chi connectivity index (χ0v) is 22.8. The van der Waals surface area contributed by atoms with Gasteiger partial charge in [0.15, 0.2) is 5.82 Å². The van der Waals surface area contributed by atoms with Crippen molar-refractivity contribution in [3.05, 3.63) is 109 Å². The predicted octanol–water partition coefficient (Wildman–Crippen LogP) is 6.08. The van der Waals surface area contributed by atoms with Crippen LogP contribution in [0, 0.1) is 0 Å². The Morgan fingerprint density at radius 2 is 1.23 bits per heavy atom. The molecule has 0 fully saturated rings. The van der Waals surface area contributed by atoms with Crippen LogP contribution in [0.15, 0.2) is 109 Å². The first kappa shape index (κ1) is 26.5. The third kappa shape index (κ3) is 6.14. The third-order valence-electron chi connectivity index (χ3n) is 7.18. The van der Waals surface area contributed by atoms with E-state index in [2.05, 4.69) is 35.3 Å². The fraction of sp³-hybridized carbons (Fsp3) is 0.182. The van der Waals surface area contributed by atoms with Crippen LogP contribution in [0.5, 0.6) is 0 Å². The number of pyridine rings is 1. The van der Waals surface area contributed by atoms with Crippen LogP contribution >= 0.6 is 0 Å². The zero-order valence-electron chi connectivity index (χ0n) is 22.8. The molecule has 0 radical (unpaired) electrons. The van der Waals surface area contributed by atoms with E-state index in [-0.39, 0.29) is 0 Å². The Kier molecular flexibility index (Phi) is 7.42. The van der Waals surface area contributed by atoms with E-state index >= 15 is 0 Å². The van der Waals surface area contributed by atoms with Gasteiger partial charge in [-0.3, -0.25) is 4.98 Å². The van der Waals surface area contributed by atoms with Gasteiger partial charge in [0.2, 0.25) is 0 Å². The molecule has 194 valence electrons. The quantitative estimate of drug-likeness (QED) is 0.255. The van der Waals surface area contributed by atoms with Crippen LogP contribution in [0.3, 0.4) is 0 Å². The summed E-state index contributed by atoms with van der Waals surface area (Å²) in [5.74, 6) is 0.666. The first-order valence-electron chi connectivity index (χ1n) is 13.1. The van der Waals surface area contributed by atoms with Crippen LogP contribution < -0.4 is 5.46 Å². The summed E-state index contributed by atoms with van der Waals surface area (Å²) in [6.07, 6.45) is 3.63. The Bertz CT molecular complexity index is 1490. The van der Waals surface area contributed by atoms with Crippen molar-refractivity contribution in [2.75, 3.05) is 0 Å². The van der Waals surface area contributed by atoms with Gasteiger partial charge in [0.05, 0.1) is 22.6 Å². The van der Waals surface area contributed by atoms with Crippen molar-refractivity contribution < 1.29 is 9.76 Å². The third-order valence-corrected chi connectivity index (χ3v) is 7.18. The molecule has 3 aromatic carbocycles. The van der Waals surface area contributed by atoms with E-state index in [4.69, 9.17) is 14.6 Å². The van der Waals surface area contributed by atoms with E-state index in [9.17, 15) is 5.11 Å². The smallest absolute Gasteiger partial charge is 0.309 e. The molecule has 6 heteroatoms. The predicted molar refractivity (Wildman–Crippen MR) is 160 cm³/mol. The van der Waals surface area contributed by atoms with E-state index in [1.807, 2.05) is 86.8 Å². The Labute approximate surface area is 230 Å². The molecule has 2 aromatic heterocycles. The summed E-state index contributed by atoms with van der Waals surface area (Å²) in [6.45, 7) is 7.34. The lowest BCUT2D eigenvalue weighted by atomic mass is 9.80. The first-order valence-corrected chi connectivity index (χ1v) is 13.1. The maximum Gasteiger partial charge on any atom is 0.309 e. The van der Waals surface area contributed by atoms with Gasteiger partial charge in [0.25, 0.3) is 0 Å². The van der Waals surface area contributed by atoms with Crippen LogP contribution in [0.2, 0.25) is 0 Å². The van der Waals surface area contributed by atoms with E-state index in [0.29, 0.717) is 13.3 Å². The molecule has 2 heterocycles. The molecule has 5 aromatic rings. The molecule has 0 aliphatic carbocycles. The highest BCUT2D eigenvalue weighted by molar-refractivity contribution is 6.47. The lowest BCUT2D eigenvalue weighted by Crippen LogP contribution is -2.49. The summed E-state index contributed by atoms with van der Waals surface area (Å²) in [6, 6.07) is 32.5. The maximum absolute atomic E-state index is 10.6. The van der Waals surface area contributed by atoms with Gasteiger partial charge in [-0.25, -0.2) is 9.97 Å². The molecule has 0 aliphatic heterocycles. The van der Waals surface area contributed by atoms with Crippen molar-refractivity contribution in [1.82, 2.24) is 15.0 Å². The molecule has 0 atom stereocenters. The summed E-state index contributed by atoms with van der Waals surface area (Å²) >= 11 is 0. The van der Waals surface area contributed by atoms with Crippen molar-refractivity contribution in [1.29, 1.82) is 0 Å². The van der Waals surface area contributed by atoms with Crippen LogP contribution in [0.4, 0.5) is 0 Å². The summed E-state index contributed by atoms with van der Waals surface area (Å²) in [4.78, 5) is 14.3. The van der Waals surface area contributed by atoms with Crippen molar-refractivity contribution in [2.45, 2.75) is 38.9 Å². The number of benzene rings is 3. The minimum Gasteiger partial charge on any atom is -0.427 e. The van der Waals surface area contributed by atoms with Gasteiger partial charge < -0.3 is 9.76 Å². The molecular formula is C33H32BN3O2. The van der Waals surface area contributed by atoms with Crippen LogP contribution in [0.1, 0.15) is 27.7 Å². The van der Waals surface area contributed by atoms with Gasteiger partial charge in [-0.2, -0.15) is 0 Å². The van der Waals surface area contributed by atoms with Crippen LogP contribution in [-0.4, -0.2) is 38.7 Å². The minimum atomic E-state index is -1.00. The topological polar surface area (TPSA) is 68.1 Å². The second-order valence-electron chi connectivity index (χ2n) is 10.7. The summed E-state index contributed by atoms with van der Waals surface area (Å²) in [7, 11) is 0.334. The zero-order chi connectivity index (χ0) is 27.5. The number of nitrogens with zero attached hydrogens (tertiary/aromatic N) is 3. The SMILES string of the molecule is CC(C)(O)C(C)(C)OBc1cc(-c2cccnc2)cc(-c2cc(-c3ccccc3)nc(-c3ccccc3)n2)c1. The van der Waals surface area contributed by atoms with E-state index in [1.165, 1.54) is 0 Å². The monoisotopic (exact) mass is 513 g/mol. The van der Waals surface area contributed by atoms with Crippen molar-refractivity contribution >= 4 is 12.9 Å². The number of hydrogen-bond acceptors (Lipinski definition) is 5. The van der Waals surface area contributed by atoms with Gasteiger partial charge in [-0.15, -0.1) is 0 Å². The van der Waals surface area contributed by atoms with E-state index < -0.39 is 11.2 Å². The van der Waals surface area contributed by atoms with Gasteiger partial charge in [-0.1, -0.05) is 84.3 Å². The second-order valence-corrected chi connectivity index (χ2v) is 10.7. The average Bonchev–Trinajstić information content (AvgIpc) is 2.96. The molecule has 0 unspecified atom stereocenters. The molecule has 5 rings (SSSR count). The van der Waals surface area contributed by atoms with E-state index in [0.717, 1.165) is 44.7 Å². The molecule has 39 heavy (non-hydrogen) atoms. The molecule has 0 spiro atoms. The highest BCUT2D eigenvalue weighted by Crippen LogP contribution is 2.30. The summed E-state index contributed by atoms with van der Waals surface area (Å²) < 4.78 is 6.25. The summed E-state index contributed by atoms with van der Waals surface area (Å²) in [5.41, 5.74) is 5.85. The van der Waals surface area contributed by atoms with Crippen molar-refractivity contribution in [2.24, 2.45) is 0 Å². The molecule has 0 saturated heterocycles. The summed E-state index contributed by atoms with van der Waals surface area (Å²) in [5, 5.41) is 10.6. The van der Waals surface area contributed by atoms with Crippen molar-refractivity contribution in [3.8, 4) is 45.0 Å². The molecule has 5 nitrogen and oxygen atoms in total. The largest absolute Gasteiger partial charge is 0.427 e. The average molecular weight is 513 g/mol. The van der Waals surface area contributed by atoms with Gasteiger partial charge in [0.1, 0.15) is 0 Å². The van der Waals surface area contributed by atoms with Crippen molar-refractivity contribution in [3.63, 3.8) is 0 Å². The normalized spacial score (nSPS) is 11.8. The Morgan fingerprint density at radius 3 is 1.85 bits per heavy atom. The first-order chi connectivity index (χ1) is 18.7. The lowest BCUT2D eigenvalue weighted by Gasteiger charge is -2.37. The molecule has 0 bridgehead atoms. The molecular weight excluding hydrogens is 481 g/mol. The lowest BCUT2D eigenvalue weighted by molar-refractivity contribution is -0.0893. The minimum absolute atomic E-state index is 0.334. The maximum atomic E-state index is 10.6. The number of aliphatic hydroxyl groups is 1. The Morgan fingerprint density at radius 1 is 0.641 bits per heavy atom. The molecule has 0 aliphatic rings. The van der Waals surface area contributed by atoms with Gasteiger partial charge >= 0.3 is 7.48 Å². The standard InChI is InChI=1S/C33H32BN3O2/c1-32(2,38)33(3,4)39-34-28-19-26(25-16-11-17-35-22-25)18-27(20-28)30-21-29(23-12-7-5-8-13-23)36-31(37-30)24-14-9-6-10-15-24/h5-22,34,38H,1-4H3. The highest BCUT2D eigenvalue weighted by atomic mass is 16.5. The number of hydrogen-bond donors (Lipinski definition) is 1. The second kappa shape index (κ2) is 10.9.